The molecule has 144 valence electrons. The zero-order valence-electron chi connectivity index (χ0n) is 14.7. The van der Waals surface area contributed by atoms with Crippen molar-refractivity contribution >= 4 is 23.0 Å². The quantitative estimate of drug-likeness (QED) is 0.619. The fraction of sp³-hybridized carbons (Fsp3) is 0.100. The topological polar surface area (TPSA) is 45.2 Å². The lowest BCUT2D eigenvalue weighted by Crippen LogP contribution is -2.19. The summed E-state index contributed by atoms with van der Waals surface area (Å²) in [7, 11) is 1.74. The van der Waals surface area contributed by atoms with Gasteiger partial charge in [0.15, 0.2) is 0 Å². The SMILES string of the molecule is CN(c1ccncc1)c1ccccc1C(=O)Nc1cc(F)cc(C(F)(F)F)c1. The molecular formula is C20H15F4N3O. The van der Waals surface area contributed by atoms with Crippen molar-refractivity contribution in [2.75, 3.05) is 17.3 Å². The van der Waals surface area contributed by atoms with E-state index >= 15 is 0 Å². The molecule has 0 radical (unpaired) electrons. The van der Waals surface area contributed by atoms with Crippen LogP contribution in [0.3, 0.4) is 0 Å². The third-order valence-electron chi connectivity index (χ3n) is 4.04. The van der Waals surface area contributed by atoms with Crippen LogP contribution in [-0.2, 0) is 6.18 Å². The van der Waals surface area contributed by atoms with Crippen molar-refractivity contribution in [3.8, 4) is 0 Å². The van der Waals surface area contributed by atoms with Gasteiger partial charge >= 0.3 is 6.18 Å². The number of pyridine rings is 1. The lowest BCUT2D eigenvalue weighted by atomic mass is 10.1. The van der Waals surface area contributed by atoms with Gasteiger partial charge in [0.2, 0.25) is 0 Å². The molecule has 1 N–H and O–H groups in total. The first-order valence-corrected chi connectivity index (χ1v) is 8.17. The molecule has 1 heterocycles. The molecule has 0 saturated heterocycles. The third kappa shape index (κ3) is 4.28. The predicted octanol–water partition coefficient (Wildman–Crippen LogP) is 5.26. The smallest absolute Gasteiger partial charge is 0.344 e. The van der Waals surface area contributed by atoms with Gasteiger partial charge in [-0.15, -0.1) is 0 Å². The number of carbonyl (C=O) groups excluding carboxylic acids is 1. The van der Waals surface area contributed by atoms with Crippen molar-refractivity contribution in [1.82, 2.24) is 4.98 Å². The molecule has 3 aromatic rings. The summed E-state index contributed by atoms with van der Waals surface area (Å²) < 4.78 is 52.2. The Balaban J connectivity index is 1.92. The first kappa shape index (κ1) is 19.3. The maximum absolute atomic E-state index is 13.6. The molecule has 0 fully saturated rings. The summed E-state index contributed by atoms with van der Waals surface area (Å²) >= 11 is 0. The zero-order valence-corrected chi connectivity index (χ0v) is 14.7. The second kappa shape index (κ2) is 7.67. The molecule has 28 heavy (non-hydrogen) atoms. The van der Waals surface area contributed by atoms with Gasteiger partial charge in [-0.25, -0.2) is 4.39 Å². The minimum atomic E-state index is -4.72. The van der Waals surface area contributed by atoms with Gasteiger partial charge in [0.1, 0.15) is 5.82 Å². The van der Waals surface area contributed by atoms with Crippen LogP contribution < -0.4 is 10.2 Å². The zero-order chi connectivity index (χ0) is 20.3. The van der Waals surface area contributed by atoms with Crippen LogP contribution in [-0.4, -0.2) is 17.9 Å². The largest absolute Gasteiger partial charge is 0.416 e. The van der Waals surface area contributed by atoms with E-state index in [-0.39, 0.29) is 11.3 Å². The lowest BCUT2D eigenvalue weighted by Gasteiger charge is -2.22. The number of carbonyl (C=O) groups is 1. The molecule has 8 heteroatoms. The van der Waals surface area contributed by atoms with E-state index in [1.807, 2.05) is 0 Å². The minimum Gasteiger partial charge on any atom is -0.344 e. The van der Waals surface area contributed by atoms with Crippen molar-refractivity contribution in [3.63, 3.8) is 0 Å². The number of anilines is 3. The number of benzene rings is 2. The van der Waals surface area contributed by atoms with Crippen molar-refractivity contribution in [2.45, 2.75) is 6.18 Å². The van der Waals surface area contributed by atoms with Crippen molar-refractivity contribution in [3.05, 3.63) is 83.9 Å². The Morgan fingerprint density at radius 1 is 1.04 bits per heavy atom. The van der Waals surface area contributed by atoms with Crippen LogP contribution in [0.1, 0.15) is 15.9 Å². The van der Waals surface area contributed by atoms with Gasteiger partial charge in [0.05, 0.1) is 16.8 Å². The molecule has 2 aromatic carbocycles. The number of para-hydroxylation sites is 1. The number of rotatable bonds is 4. The number of hydrogen-bond donors (Lipinski definition) is 1. The highest BCUT2D eigenvalue weighted by molar-refractivity contribution is 6.08. The molecule has 0 unspecified atom stereocenters. The van der Waals surface area contributed by atoms with E-state index < -0.39 is 23.5 Å². The van der Waals surface area contributed by atoms with Gasteiger partial charge in [-0.1, -0.05) is 12.1 Å². The Morgan fingerprint density at radius 3 is 2.39 bits per heavy atom. The Labute approximate surface area is 158 Å². The monoisotopic (exact) mass is 389 g/mol. The summed E-state index contributed by atoms with van der Waals surface area (Å²) in [6.45, 7) is 0. The molecule has 0 aliphatic heterocycles. The van der Waals surface area contributed by atoms with Gasteiger partial charge in [-0.05, 0) is 42.5 Å². The summed E-state index contributed by atoms with van der Waals surface area (Å²) in [4.78, 5) is 18.4. The highest BCUT2D eigenvalue weighted by Crippen LogP contribution is 2.32. The first-order valence-electron chi connectivity index (χ1n) is 8.17. The first-order chi connectivity index (χ1) is 13.3. The summed E-state index contributed by atoms with van der Waals surface area (Å²) in [5.74, 6) is -1.75. The lowest BCUT2D eigenvalue weighted by molar-refractivity contribution is -0.137. The normalized spacial score (nSPS) is 11.2. The van der Waals surface area contributed by atoms with Crippen LogP contribution in [0.15, 0.2) is 67.0 Å². The molecular weight excluding hydrogens is 374 g/mol. The molecule has 3 rings (SSSR count). The second-order valence-corrected chi connectivity index (χ2v) is 5.96. The fourth-order valence-electron chi connectivity index (χ4n) is 2.69. The van der Waals surface area contributed by atoms with Crippen molar-refractivity contribution < 1.29 is 22.4 Å². The number of halogens is 4. The van der Waals surface area contributed by atoms with Crippen LogP contribution in [0.5, 0.6) is 0 Å². The van der Waals surface area contributed by atoms with Crippen molar-refractivity contribution in [2.24, 2.45) is 0 Å². The predicted molar refractivity (Wildman–Crippen MR) is 98.1 cm³/mol. The molecule has 4 nitrogen and oxygen atoms in total. The Morgan fingerprint density at radius 2 is 1.71 bits per heavy atom. The maximum atomic E-state index is 13.6. The highest BCUT2D eigenvalue weighted by Gasteiger charge is 2.31. The summed E-state index contributed by atoms with van der Waals surface area (Å²) in [5.41, 5.74) is 0.0577. The molecule has 1 amide bonds. The van der Waals surface area contributed by atoms with Crippen LogP contribution in [0.4, 0.5) is 34.6 Å². The van der Waals surface area contributed by atoms with E-state index in [9.17, 15) is 22.4 Å². The number of amides is 1. The molecule has 0 aliphatic rings. The Kier molecular flexibility index (Phi) is 5.30. The number of aromatic nitrogens is 1. The standard InChI is InChI=1S/C20H15F4N3O/c1-27(16-6-8-25-9-7-16)18-5-3-2-4-17(18)19(28)26-15-11-13(20(22,23)24)10-14(21)12-15/h2-12H,1H3,(H,26,28). The number of hydrogen-bond acceptors (Lipinski definition) is 3. The van der Waals surface area contributed by atoms with Crippen LogP contribution in [0, 0.1) is 5.82 Å². The number of alkyl halides is 3. The van der Waals surface area contributed by atoms with Crippen molar-refractivity contribution in [1.29, 1.82) is 0 Å². The maximum Gasteiger partial charge on any atom is 0.416 e. The molecule has 0 spiro atoms. The van der Waals surface area contributed by atoms with E-state index in [1.54, 1.807) is 54.7 Å². The Bertz CT molecular complexity index is 990. The van der Waals surface area contributed by atoms with Gasteiger partial charge in [0.25, 0.3) is 5.91 Å². The van der Waals surface area contributed by atoms with Crippen LogP contribution >= 0.6 is 0 Å². The van der Waals surface area contributed by atoms with E-state index in [0.717, 1.165) is 11.8 Å². The summed E-state index contributed by atoms with van der Waals surface area (Å²) in [6.07, 6.45) is -1.53. The van der Waals surface area contributed by atoms with Crippen LogP contribution in [0.2, 0.25) is 0 Å². The van der Waals surface area contributed by atoms with E-state index in [2.05, 4.69) is 10.3 Å². The molecule has 0 bridgehead atoms. The summed E-state index contributed by atoms with van der Waals surface area (Å²) in [5, 5.41) is 2.34. The average Bonchev–Trinajstić information content (AvgIpc) is 2.67. The van der Waals surface area contributed by atoms with Gasteiger partial charge < -0.3 is 10.2 Å². The molecule has 0 aliphatic carbocycles. The third-order valence-corrected chi connectivity index (χ3v) is 4.04. The number of nitrogens with one attached hydrogen (secondary N) is 1. The van der Waals surface area contributed by atoms with E-state index in [4.69, 9.17) is 0 Å². The fourth-order valence-corrected chi connectivity index (χ4v) is 2.69. The second-order valence-electron chi connectivity index (χ2n) is 5.96. The molecule has 0 atom stereocenters. The number of nitrogens with zero attached hydrogens (tertiary/aromatic N) is 2. The van der Waals surface area contributed by atoms with Gasteiger partial charge in [-0.2, -0.15) is 13.2 Å². The minimum absolute atomic E-state index is 0.222. The van der Waals surface area contributed by atoms with E-state index in [1.165, 1.54) is 6.07 Å². The van der Waals surface area contributed by atoms with Gasteiger partial charge in [0, 0.05) is 30.8 Å². The molecule has 1 aromatic heterocycles. The molecule has 0 saturated carbocycles. The van der Waals surface area contributed by atoms with Gasteiger partial charge in [-0.3, -0.25) is 9.78 Å². The summed E-state index contributed by atoms with van der Waals surface area (Å²) in [6, 6.07) is 12.0. The van der Waals surface area contributed by atoms with Crippen LogP contribution in [0.25, 0.3) is 0 Å². The Hall–Kier alpha value is -3.42. The highest BCUT2D eigenvalue weighted by atomic mass is 19.4. The average molecular weight is 389 g/mol. The van der Waals surface area contributed by atoms with E-state index in [0.29, 0.717) is 17.8 Å².